The Balaban J connectivity index is 1.43. The fraction of sp³-hybridized carbons (Fsp3) is 0. The van der Waals surface area contributed by atoms with Gasteiger partial charge in [0.15, 0.2) is 17.5 Å². The van der Waals surface area contributed by atoms with Gasteiger partial charge >= 0.3 is 0 Å². The Hall–Kier alpha value is -4.57. The minimum atomic E-state index is 0.638. The van der Waals surface area contributed by atoms with Crippen LogP contribution in [0.15, 0.2) is 120 Å². The second-order valence-corrected chi connectivity index (χ2v) is 7.76. The SMILES string of the molecule is c1ccc(-c2nc(-c3ccccc3)nc(-c3ccc(-c4cc5ccccc5o4)cc3)n2)cc1. The first-order valence-electron chi connectivity index (χ1n) is 10.8. The highest BCUT2D eigenvalue weighted by molar-refractivity contribution is 5.83. The first-order valence-corrected chi connectivity index (χ1v) is 10.8. The van der Waals surface area contributed by atoms with Gasteiger partial charge in [-0.1, -0.05) is 103 Å². The summed E-state index contributed by atoms with van der Waals surface area (Å²) < 4.78 is 6.01. The van der Waals surface area contributed by atoms with Crippen molar-refractivity contribution in [3.8, 4) is 45.5 Å². The zero-order valence-corrected chi connectivity index (χ0v) is 17.7. The van der Waals surface area contributed by atoms with Crippen LogP contribution < -0.4 is 0 Å². The van der Waals surface area contributed by atoms with Crippen molar-refractivity contribution >= 4 is 11.0 Å². The molecule has 4 aromatic carbocycles. The lowest BCUT2D eigenvalue weighted by molar-refractivity contribution is 0.631. The molecule has 2 heterocycles. The van der Waals surface area contributed by atoms with Gasteiger partial charge in [-0.25, -0.2) is 15.0 Å². The Labute approximate surface area is 191 Å². The lowest BCUT2D eigenvalue weighted by atomic mass is 10.1. The Bertz CT molecular complexity index is 1450. The summed E-state index contributed by atoms with van der Waals surface area (Å²) in [4.78, 5) is 14.3. The van der Waals surface area contributed by atoms with Crippen molar-refractivity contribution < 1.29 is 4.42 Å². The van der Waals surface area contributed by atoms with Gasteiger partial charge in [0.1, 0.15) is 11.3 Å². The Morgan fingerprint density at radius 1 is 0.424 bits per heavy atom. The zero-order chi connectivity index (χ0) is 22.0. The number of hydrogen-bond acceptors (Lipinski definition) is 4. The minimum Gasteiger partial charge on any atom is -0.456 e. The van der Waals surface area contributed by atoms with Crippen LogP contribution in [0.1, 0.15) is 0 Å². The molecule has 0 atom stereocenters. The smallest absolute Gasteiger partial charge is 0.164 e. The number of para-hydroxylation sites is 1. The van der Waals surface area contributed by atoms with Crippen LogP contribution in [0.2, 0.25) is 0 Å². The van der Waals surface area contributed by atoms with Crippen LogP contribution in [-0.4, -0.2) is 15.0 Å². The first-order chi connectivity index (χ1) is 16.3. The van der Waals surface area contributed by atoms with E-state index in [2.05, 4.69) is 12.1 Å². The van der Waals surface area contributed by atoms with Crippen LogP contribution in [-0.2, 0) is 0 Å². The van der Waals surface area contributed by atoms with Gasteiger partial charge in [-0.2, -0.15) is 0 Å². The normalized spacial score (nSPS) is 11.0. The molecule has 0 radical (unpaired) electrons. The molecule has 0 unspecified atom stereocenters. The molecule has 4 heteroatoms. The molecule has 6 rings (SSSR count). The quantitative estimate of drug-likeness (QED) is 0.298. The molecule has 6 aromatic rings. The van der Waals surface area contributed by atoms with E-state index in [4.69, 9.17) is 19.4 Å². The molecule has 33 heavy (non-hydrogen) atoms. The van der Waals surface area contributed by atoms with Crippen LogP contribution in [0.5, 0.6) is 0 Å². The van der Waals surface area contributed by atoms with Gasteiger partial charge < -0.3 is 4.42 Å². The largest absolute Gasteiger partial charge is 0.456 e. The van der Waals surface area contributed by atoms with E-state index in [0.29, 0.717) is 17.5 Å². The van der Waals surface area contributed by atoms with Gasteiger partial charge in [0.2, 0.25) is 0 Å². The summed E-state index contributed by atoms with van der Waals surface area (Å²) in [5.74, 6) is 2.79. The fourth-order valence-electron chi connectivity index (χ4n) is 3.85. The average molecular weight is 425 g/mol. The van der Waals surface area contributed by atoms with Crippen LogP contribution in [0.25, 0.3) is 56.5 Å². The maximum atomic E-state index is 6.01. The van der Waals surface area contributed by atoms with Crippen molar-refractivity contribution in [3.63, 3.8) is 0 Å². The standard InChI is InChI=1S/C29H19N3O/c1-3-9-21(10-4-1)27-30-28(22-11-5-2-6-12-22)32-29(31-27)23-17-15-20(16-18-23)26-19-24-13-7-8-14-25(24)33-26/h1-19H. The molecule has 0 aliphatic carbocycles. The summed E-state index contributed by atoms with van der Waals surface area (Å²) in [5.41, 5.74) is 4.73. The van der Waals surface area contributed by atoms with Gasteiger partial charge in [0.05, 0.1) is 0 Å². The molecule has 0 amide bonds. The summed E-state index contributed by atoms with van der Waals surface area (Å²) in [6, 6.07) is 38.2. The number of furan rings is 1. The average Bonchev–Trinajstić information content (AvgIpc) is 3.34. The van der Waals surface area contributed by atoms with Gasteiger partial charge in [-0.05, 0) is 12.1 Å². The van der Waals surface area contributed by atoms with Gasteiger partial charge in [0, 0.05) is 27.6 Å². The van der Waals surface area contributed by atoms with Gasteiger partial charge in [-0.15, -0.1) is 0 Å². The summed E-state index contributed by atoms with van der Waals surface area (Å²) in [6.07, 6.45) is 0. The predicted octanol–water partition coefficient (Wildman–Crippen LogP) is 7.29. The third-order valence-corrected chi connectivity index (χ3v) is 5.55. The molecule has 0 bridgehead atoms. The highest BCUT2D eigenvalue weighted by atomic mass is 16.3. The maximum Gasteiger partial charge on any atom is 0.164 e. The number of aromatic nitrogens is 3. The summed E-state index contributed by atoms with van der Waals surface area (Å²) in [6.45, 7) is 0. The second-order valence-electron chi connectivity index (χ2n) is 7.76. The molecule has 0 saturated heterocycles. The molecule has 0 N–H and O–H groups in total. The molecular weight excluding hydrogens is 406 g/mol. The van der Waals surface area contributed by atoms with Crippen molar-refractivity contribution in [2.45, 2.75) is 0 Å². The molecule has 0 aliphatic rings. The molecule has 2 aromatic heterocycles. The highest BCUT2D eigenvalue weighted by Gasteiger charge is 2.13. The predicted molar refractivity (Wildman–Crippen MR) is 131 cm³/mol. The number of rotatable bonds is 4. The van der Waals surface area contributed by atoms with Gasteiger partial charge in [-0.3, -0.25) is 0 Å². The van der Waals surface area contributed by atoms with Crippen molar-refractivity contribution in [1.82, 2.24) is 15.0 Å². The number of nitrogens with zero attached hydrogens (tertiary/aromatic N) is 3. The van der Waals surface area contributed by atoms with E-state index in [9.17, 15) is 0 Å². The van der Waals surface area contributed by atoms with Crippen LogP contribution in [0, 0.1) is 0 Å². The zero-order valence-electron chi connectivity index (χ0n) is 17.7. The summed E-state index contributed by atoms with van der Waals surface area (Å²) in [7, 11) is 0. The van der Waals surface area contributed by atoms with Crippen LogP contribution in [0.4, 0.5) is 0 Å². The Morgan fingerprint density at radius 3 is 1.42 bits per heavy atom. The van der Waals surface area contributed by atoms with Crippen molar-refractivity contribution in [3.05, 3.63) is 115 Å². The maximum absolute atomic E-state index is 6.01. The van der Waals surface area contributed by atoms with E-state index in [1.807, 2.05) is 103 Å². The van der Waals surface area contributed by atoms with Crippen LogP contribution >= 0.6 is 0 Å². The van der Waals surface area contributed by atoms with E-state index in [0.717, 1.165) is 39.0 Å². The first kappa shape index (κ1) is 19.1. The number of benzene rings is 4. The highest BCUT2D eigenvalue weighted by Crippen LogP contribution is 2.30. The number of fused-ring (bicyclic) bond motifs is 1. The van der Waals surface area contributed by atoms with E-state index in [-0.39, 0.29) is 0 Å². The second kappa shape index (κ2) is 8.17. The van der Waals surface area contributed by atoms with E-state index < -0.39 is 0 Å². The van der Waals surface area contributed by atoms with E-state index >= 15 is 0 Å². The summed E-state index contributed by atoms with van der Waals surface area (Å²) in [5, 5.41) is 1.09. The lowest BCUT2D eigenvalue weighted by Crippen LogP contribution is -2.00. The topological polar surface area (TPSA) is 51.8 Å². The molecule has 0 aliphatic heterocycles. The molecule has 4 nitrogen and oxygen atoms in total. The Morgan fingerprint density at radius 2 is 0.879 bits per heavy atom. The fourth-order valence-corrected chi connectivity index (χ4v) is 3.85. The monoisotopic (exact) mass is 425 g/mol. The van der Waals surface area contributed by atoms with Crippen LogP contribution in [0.3, 0.4) is 0 Å². The molecular formula is C29H19N3O. The third-order valence-electron chi connectivity index (χ3n) is 5.55. The van der Waals surface area contributed by atoms with E-state index in [1.54, 1.807) is 0 Å². The van der Waals surface area contributed by atoms with E-state index in [1.165, 1.54) is 0 Å². The molecule has 156 valence electrons. The molecule has 0 saturated carbocycles. The van der Waals surface area contributed by atoms with Crippen molar-refractivity contribution in [2.75, 3.05) is 0 Å². The Kier molecular flexibility index (Phi) is 4.74. The lowest BCUT2D eigenvalue weighted by Gasteiger charge is -2.08. The molecule has 0 spiro atoms. The van der Waals surface area contributed by atoms with Crippen molar-refractivity contribution in [1.29, 1.82) is 0 Å². The molecule has 0 fully saturated rings. The van der Waals surface area contributed by atoms with Gasteiger partial charge in [0.25, 0.3) is 0 Å². The number of hydrogen-bond donors (Lipinski definition) is 0. The van der Waals surface area contributed by atoms with Crippen molar-refractivity contribution in [2.24, 2.45) is 0 Å². The summed E-state index contributed by atoms with van der Waals surface area (Å²) >= 11 is 0. The third kappa shape index (κ3) is 3.79. The minimum absolute atomic E-state index is 0.638.